The highest BCUT2D eigenvalue weighted by Gasteiger charge is 2.17. The van der Waals surface area contributed by atoms with Crippen molar-refractivity contribution in [3.05, 3.63) is 36.4 Å². The predicted molar refractivity (Wildman–Crippen MR) is 67.8 cm³/mol. The van der Waals surface area contributed by atoms with E-state index in [1.165, 1.54) is 24.3 Å². The molecule has 0 radical (unpaired) electrons. The fourth-order valence-electron chi connectivity index (χ4n) is 1.29. The molecule has 4 N–H and O–H groups in total. The van der Waals surface area contributed by atoms with Gasteiger partial charge in [-0.1, -0.05) is 18.7 Å². The second-order valence-electron chi connectivity index (χ2n) is 3.67. The summed E-state index contributed by atoms with van der Waals surface area (Å²) in [6, 6.07) is 5.52. The molecule has 0 aliphatic rings. The van der Waals surface area contributed by atoms with Crippen LogP contribution in [0.15, 0.2) is 41.3 Å². The van der Waals surface area contributed by atoms with Gasteiger partial charge in [0, 0.05) is 5.57 Å². The van der Waals surface area contributed by atoms with Gasteiger partial charge in [0.25, 0.3) is 5.91 Å². The zero-order chi connectivity index (χ0) is 14.6. The highest BCUT2D eigenvalue weighted by atomic mass is 32.2. The molecule has 0 aliphatic heterocycles. The Bertz CT molecular complexity index is 636. The van der Waals surface area contributed by atoms with Crippen LogP contribution in [0.3, 0.4) is 0 Å². The monoisotopic (exact) mass is 284 g/mol. The summed E-state index contributed by atoms with van der Waals surface area (Å²) in [5, 5.41) is 15.8. The van der Waals surface area contributed by atoms with Gasteiger partial charge < -0.3 is 10.4 Å². The van der Waals surface area contributed by atoms with Crippen LogP contribution in [0, 0.1) is 0 Å². The Morgan fingerprint density at radius 3 is 2.42 bits per heavy atom. The zero-order valence-corrected chi connectivity index (χ0v) is 10.6. The van der Waals surface area contributed by atoms with Gasteiger partial charge in [-0.15, -0.1) is 0 Å². The summed E-state index contributed by atoms with van der Waals surface area (Å²) in [5.74, 6) is -1.99. The Morgan fingerprint density at radius 2 is 1.89 bits per heavy atom. The summed E-state index contributed by atoms with van der Waals surface area (Å²) in [6.07, 6.45) is -0.538. The predicted octanol–water partition coefficient (Wildman–Crippen LogP) is 0.303. The lowest BCUT2D eigenvalue weighted by Gasteiger charge is -2.09. The van der Waals surface area contributed by atoms with Crippen molar-refractivity contribution < 1.29 is 23.1 Å². The second-order valence-corrected chi connectivity index (χ2v) is 5.20. The maximum absolute atomic E-state index is 11.6. The highest BCUT2D eigenvalue weighted by molar-refractivity contribution is 7.89. The van der Waals surface area contributed by atoms with Gasteiger partial charge >= 0.3 is 5.97 Å². The number of aliphatic carboxylic acids is 1. The Hall–Kier alpha value is -2.19. The number of sulfonamides is 1. The van der Waals surface area contributed by atoms with Crippen LogP contribution in [0.25, 0.3) is 0 Å². The van der Waals surface area contributed by atoms with Crippen LogP contribution in [0.2, 0.25) is 0 Å². The lowest BCUT2D eigenvalue weighted by Crippen LogP contribution is -2.20. The number of rotatable bonds is 5. The number of carboxylic acids is 1. The molecule has 0 spiro atoms. The van der Waals surface area contributed by atoms with Crippen molar-refractivity contribution in [1.82, 2.24) is 0 Å². The van der Waals surface area contributed by atoms with Gasteiger partial charge in [0.15, 0.2) is 0 Å². The van der Waals surface area contributed by atoms with Crippen molar-refractivity contribution >= 4 is 27.6 Å². The number of carboxylic acid groups (broad SMARTS) is 1. The normalized spacial score (nSPS) is 10.8. The van der Waals surface area contributed by atoms with Crippen LogP contribution < -0.4 is 10.5 Å². The van der Waals surface area contributed by atoms with Gasteiger partial charge in [-0.3, -0.25) is 9.59 Å². The molecule has 0 aliphatic carbocycles. The van der Waals surface area contributed by atoms with Crippen LogP contribution >= 0.6 is 0 Å². The van der Waals surface area contributed by atoms with Crippen molar-refractivity contribution in [3.63, 3.8) is 0 Å². The molecule has 102 valence electrons. The van der Waals surface area contributed by atoms with Crippen LogP contribution in [-0.2, 0) is 19.6 Å². The van der Waals surface area contributed by atoms with Gasteiger partial charge in [0.2, 0.25) is 10.0 Å². The van der Waals surface area contributed by atoms with E-state index in [0.29, 0.717) is 0 Å². The number of benzene rings is 1. The van der Waals surface area contributed by atoms with E-state index in [4.69, 9.17) is 10.2 Å². The lowest BCUT2D eigenvalue weighted by atomic mass is 10.2. The molecule has 0 heterocycles. The number of primary sulfonamides is 1. The van der Waals surface area contributed by atoms with E-state index >= 15 is 0 Å². The van der Waals surface area contributed by atoms with Gasteiger partial charge in [0.1, 0.15) is 4.90 Å². The molecule has 0 saturated heterocycles. The Morgan fingerprint density at radius 1 is 1.32 bits per heavy atom. The molecular weight excluding hydrogens is 272 g/mol. The molecule has 19 heavy (non-hydrogen) atoms. The molecule has 0 aromatic heterocycles. The number of nitrogens with one attached hydrogen (secondary N) is 1. The zero-order valence-electron chi connectivity index (χ0n) is 9.79. The number of carbonyl (C=O) groups is 2. The third-order valence-corrected chi connectivity index (χ3v) is 3.10. The number of para-hydroxylation sites is 1. The maximum Gasteiger partial charge on any atom is 0.308 e. The lowest BCUT2D eigenvalue weighted by molar-refractivity contribution is -0.136. The van der Waals surface area contributed by atoms with Gasteiger partial charge in [-0.05, 0) is 12.1 Å². The van der Waals surface area contributed by atoms with Crippen LogP contribution in [0.1, 0.15) is 6.42 Å². The van der Waals surface area contributed by atoms with E-state index in [-0.39, 0.29) is 16.2 Å². The first-order chi connectivity index (χ1) is 8.71. The molecule has 8 heteroatoms. The maximum atomic E-state index is 11.6. The quantitative estimate of drug-likeness (QED) is 0.670. The number of anilines is 1. The SMILES string of the molecule is C=C(CC(=O)O)C(=O)Nc1ccccc1S(N)(=O)=O. The van der Waals surface area contributed by atoms with Crippen molar-refractivity contribution in [2.75, 3.05) is 5.32 Å². The van der Waals surface area contributed by atoms with E-state index in [1.54, 1.807) is 0 Å². The van der Waals surface area contributed by atoms with Crippen LogP contribution in [0.4, 0.5) is 5.69 Å². The van der Waals surface area contributed by atoms with Crippen LogP contribution in [-0.4, -0.2) is 25.4 Å². The van der Waals surface area contributed by atoms with Crippen LogP contribution in [0.5, 0.6) is 0 Å². The Kier molecular flexibility index (Phi) is 4.41. The molecule has 0 atom stereocenters. The first-order valence-electron chi connectivity index (χ1n) is 5.04. The van der Waals surface area contributed by atoms with Gasteiger partial charge in [-0.2, -0.15) is 0 Å². The summed E-state index contributed by atoms with van der Waals surface area (Å²) in [6.45, 7) is 3.31. The fraction of sp³-hybridized carbons (Fsp3) is 0.0909. The molecule has 0 fully saturated rings. The third kappa shape index (κ3) is 4.19. The summed E-state index contributed by atoms with van der Waals surface area (Å²) in [5.41, 5.74) is -0.224. The van der Waals surface area contributed by atoms with Crippen molar-refractivity contribution in [2.45, 2.75) is 11.3 Å². The number of carbonyl (C=O) groups excluding carboxylic acids is 1. The molecule has 1 amide bonds. The fourth-order valence-corrected chi connectivity index (χ4v) is 1.99. The van der Waals surface area contributed by atoms with E-state index in [1.807, 2.05) is 0 Å². The summed E-state index contributed by atoms with van der Waals surface area (Å²) in [4.78, 5) is 21.8. The molecule has 0 unspecified atom stereocenters. The first kappa shape index (κ1) is 14.9. The van der Waals surface area contributed by atoms with Crippen molar-refractivity contribution in [2.24, 2.45) is 5.14 Å². The Labute approximate surface area is 109 Å². The molecule has 1 rings (SSSR count). The summed E-state index contributed by atoms with van der Waals surface area (Å²) >= 11 is 0. The van der Waals surface area contributed by atoms with E-state index < -0.39 is 28.3 Å². The minimum absolute atomic E-state index is 0.0264. The van der Waals surface area contributed by atoms with Gasteiger partial charge in [0.05, 0.1) is 12.1 Å². The largest absolute Gasteiger partial charge is 0.481 e. The average Bonchev–Trinajstić information content (AvgIpc) is 2.27. The molecular formula is C11H12N2O5S. The minimum Gasteiger partial charge on any atom is -0.481 e. The molecule has 0 bridgehead atoms. The smallest absolute Gasteiger partial charge is 0.308 e. The van der Waals surface area contributed by atoms with E-state index in [9.17, 15) is 18.0 Å². The van der Waals surface area contributed by atoms with Crippen molar-refractivity contribution in [1.29, 1.82) is 0 Å². The van der Waals surface area contributed by atoms with Crippen molar-refractivity contribution in [3.8, 4) is 0 Å². The number of amides is 1. The number of hydrogen-bond donors (Lipinski definition) is 3. The number of nitrogens with two attached hydrogens (primary N) is 1. The Balaban J connectivity index is 2.98. The highest BCUT2D eigenvalue weighted by Crippen LogP contribution is 2.20. The second kappa shape index (κ2) is 5.63. The standard InChI is InChI=1S/C11H12N2O5S/c1-7(6-10(14)15)11(16)13-8-4-2-3-5-9(8)19(12,17)18/h2-5H,1,6H2,(H,13,16)(H,14,15)(H2,12,17,18). The third-order valence-electron chi connectivity index (χ3n) is 2.13. The topological polar surface area (TPSA) is 127 Å². The van der Waals surface area contributed by atoms with E-state index in [0.717, 1.165) is 0 Å². The molecule has 7 nitrogen and oxygen atoms in total. The molecule has 1 aromatic carbocycles. The van der Waals surface area contributed by atoms with E-state index in [2.05, 4.69) is 11.9 Å². The molecule has 0 saturated carbocycles. The summed E-state index contributed by atoms with van der Waals surface area (Å²) < 4.78 is 22.6. The minimum atomic E-state index is -3.99. The number of hydrogen-bond acceptors (Lipinski definition) is 4. The molecule has 1 aromatic rings. The average molecular weight is 284 g/mol. The van der Waals surface area contributed by atoms with Gasteiger partial charge in [-0.25, -0.2) is 13.6 Å². The summed E-state index contributed by atoms with van der Waals surface area (Å²) in [7, 11) is -3.99. The first-order valence-corrected chi connectivity index (χ1v) is 6.59.